The third kappa shape index (κ3) is 3.28. The Labute approximate surface area is 131 Å². The summed E-state index contributed by atoms with van der Waals surface area (Å²) < 4.78 is 5.38. The Bertz CT molecular complexity index is 640. The molecule has 0 unspecified atom stereocenters. The van der Waals surface area contributed by atoms with Crippen molar-refractivity contribution in [3.8, 4) is 0 Å². The predicted molar refractivity (Wildman–Crippen MR) is 87.5 cm³/mol. The van der Waals surface area contributed by atoms with Gasteiger partial charge in [0.1, 0.15) is 10.6 Å². The number of anilines is 2. The zero-order valence-electron chi connectivity index (χ0n) is 11.4. The molecule has 3 rings (SSSR count). The molecule has 0 saturated carbocycles. The number of amides is 1. The number of thiophene rings is 1. The lowest BCUT2D eigenvalue weighted by Crippen LogP contribution is -2.37. The van der Waals surface area contributed by atoms with Crippen molar-refractivity contribution in [3.05, 3.63) is 11.4 Å². The van der Waals surface area contributed by atoms with Crippen molar-refractivity contribution in [2.24, 2.45) is 0 Å². The van der Waals surface area contributed by atoms with Crippen molar-refractivity contribution in [3.63, 3.8) is 0 Å². The third-order valence-electron chi connectivity index (χ3n) is 3.21. The molecule has 0 bridgehead atoms. The first-order chi connectivity index (χ1) is 10.3. The number of rotatable bonds is 4. The van der Waals surface area contributed by atoms with E-state index in [-0.39, 0.29) is 5.91 Å². The Morgan fingerprint density at radius 3 is 3.00 bits per heavy atom. The average molecular weight is 324 g/mol. The molecule has 1 aliphatic heterocycles. The summed E-state index contributed by atoms with van der Waals surface area (Å²) >= 11 is 5.60. The molecule has 2 aromatic heterocycles. The highest BCUT2D eigenvalue weighted by Gasteiger charge is 2.18. The van der Waals surface area contributed by atoms with Crippen molar-refractivity contribution in [1.29, 1.82) is 0 Å². The molecule has 1 amide bonds. The van der Waals surface area contributed by atoms with Gasteiger partial charge in [-0.05, 0) is 17.2 Å². The number of hydrogen-bond donors (Lipinski definition) is 2. The van der Waals surface area contributed by atoms with Crippen molar-refractivity contribution in [1.82, 2.24) is 9.97 Å². The van der Waals surface area contributed by atoms with Crippen LogP contribution < -0.4 is 10.2 Å². The molecule has 1 fully saturated rings. The Morgan fingerprint density at radius 1 is 1.43 bits per heavy atom. The van der Waals surface area contributed by atoms with Gasteiger partial charge in [0.2, 0.25) is 11.9 Å². The minimum absolute atomic E-state index is 0.117. The molecule has 21 heavy (non-hydrogen) atoms. The van der Waals surface area contributed by atoms with Crippen LogP contribution in [-0.4, -0.2) is 47.9 Å². The quantitative estimate of drug-likeness (QED) is 0.839. The van der Waals surface area contributed by atoms with Gasteiger partial charge in [-0.15, -0.1) is 11.3 Å². The summed E-state index contributed by atoms with van der Waals surface area (Å²) in [5.41, 5.74) is 0. The van der Waals surface area contributed by atoms with Crippen LogP contribution in [0.4, 0.5) is 11.8 Å². The first-order valence-electron chi connectivity index (χ1n) is 6.76. The van der Waals surface area contributed by atoms with Crippen molar-refractivity contribution in [2.45, 2.75) is 6.42 Å². The lowest BCUT2D eigenvalue weighted by molar-refractivity contribution is -0.115. The smallest absolute Gasteiger partial charge is 0.232 e. The molecule has 1 N–H and O–H groups in total. The topological polar surface area (TPSA) is 67.4 Å². The zero-order chi connectivity index (χ0) is 14.7. The van der Waals surface area contributed by atoms with Crippen LogP contribution >= 0.6 is 24.0 Å². The molecule has 112 valence electrons. The van der Waals surface area contributed by atoms with Gasteiger partial charge in [0.15, 0.2) is 0 Å². The van der Waals surface area contributed by atoms with E-state index in [0.29, 0.717) is 31.3 Å². The highest BCUT2D eigenvalue weighted by molar-refractivity contribution is 7.80. The SMILES string of the molecule is O=C(CCS)Nc1nc(N2CCOCC2)c2ccsc2n1. The lowest BCUT2D eigenvalue weighted by Gasteiger charge is -2.28. The van der Waals surface area contributed by atoms with Gasteiger partial charge in [0.25, 0.3) is 0 Å². The van der Waals surface area contributed by atoms with E-state index >= 15 is 0 Å². The second kappa shape index (κ2) is 6.59. The maximum absolute atomic E-state index is 11.7. The molecule has 6 nitrogen and oxygen atoms in total. The summed E-state index contributed by atoms with van der Waals surface area (Å²) in [6.45, 7) is 2.98. The molecule has 0 radical (unpaired) electrons. The van der Waals surface area contributed by atoms with E-state index in [0.717, 1.165) is 29.1 Å². The van der Waals surface area contributed by atoms with Crippen LogP contribution in [0.1, 0.15) is 6.42 Å². The number of carbonyl (C=O) groups is 1. The van der Waals surface area contributed by atoms with Gasteiger partial charge in [-0.1, -0.05) is 0 Å². The van der Waals surface area contributed by atoms with Gasteiger partial charge in [0, 0.05) is 19.5 Å². The zero-order valence-corrected chi connectivity index (χ0v) is 13.1. The van der Waals surface area contributed by atoms with E-state index in [1.54, 1.807) is 11.3 Å². The van der Waals surface area contributed by atoms with Crippen LogP contribution in [0.3, 0.4) is 0 Å². The van der Waals surface area contributed by atoms with Gasteiger partial charge in [0.05, 0.1) is 18.6 Å². The van der Waals surface area contributed by atoms with Crippen LogP contribution in [0.2, 0.25) is 0 Å². The number of nitrogens with one attached hydrogen (secondary N) is 1. The average Bonchev–Trinajstić information content (AvgIpc) is 2.96. The van der Waals surface area contributed by atoms with Gasteiger partial charge >= 0.3 is 0 Å². The van der Waals surface area contributed by atoms with Crippen LogP contribution in [0, 0.1) is 0 Å². The lowest BCUT2D eigenvalue weighted by atomic mass is 10.3. The van der Waals surface area contributed by atoms with Gasteiger partial charge in [-0.3, -0.25) is 10.1 Å². The van der Waals surface area contributed by atoms with Gasteiger partial charge in [-0.25, -0.2) is 4.98 Å². The predicted octanol–water partition coefficient (Wildman–Crippen LogP) is 1.79. The van der Waals surface area contributed by atoms with E-state index in [4.69, 9.17) is 4.74 Å². The molecule has 1 saturated heterocycles. The number of aromatic nitrogens is 2. The highest BCUT2D eigenvalue weighted by atomic mass is 32.1. The molecule has 0 spiro atoms. The third-order valence-corrected chi connectivity index (χ3v) is 4.24. The van der Waals surface area contributed by atoms with Gasteiger partial charge in [-0.2, -0.15) is 17.6 Å². The van der Waals surface area contributed by atoms with Crippen LogP contribution in [0.25, 0.3) is 10.2 Å². The Morgan fingerprint density at radius 2 is 2.24 bits per heavy atom. The second-order valence-corrected chi connectivity index (χ2v) is 5.97. The number of thiol groups is 1. The van der Waals surface area contributed by atoms with E-state index in [1.165, 1.54) is 0 Å². The van der Waals surface area contributed by atoms with E-state index < -0.39 is 0 Å². The standard InChI is InChI=1S/C13H16N4O2S2/c18-10(1-7-20)14-13-15-11(17-3-5-19-6-4-17)9-2-8-21-12(9)16-13/h2,8,20H,1,3-7H2,(H,14,15,16,18). The van der Waals surface area contributed by atoms with Crippen LogP contribution in [0.15, 0.2) is 11.4 Å². The number of carbonyl (C=O) groups excluding carboxylic acids is 1. The molecule has 0 aliphatic carbocycles. The minimum Gasteiger partial charge on any atom is -0.378 e. The highest BCUT2D eigenvalue weighted by Crippen LogP contribution is 2.29. The monoisotopic (exact) mass is 324 g/mol. The first-order valence-corrected chi connectivity index (χ1v) is 8.28. The molecule has 3 heterocycles. The number of hydrogen-bond acceptors (Lipinski definition) is 7. The minimum atomic E-state index is -0.117. The molecular formula is C13H16N4O2S2. The number of nitrogens with zero attached hydrogens (tertiary/aromatic N) is 3. The summed E-state index contributed by atoms with van der Waals surface area (Å²) in [6, 6.07) is 2.02. The van der Waals surface area contributed by atoms with E-state index in [2.05, 4.69) is 32.8 Å². The maximum Gasteiger partial charge on any atom is 0.232 e. The summed E-state index contributed by atoms with van der Waals surface area (Å²) in [5, 5.41) is 5.75. The number of morpholine rings is 1. The largest absolute Gasteiger partial charge is 0.378 e. The summed E-state index contributed by atoms with van der Waals surface area (Å²) in [5.74, 6) is 1.61. The van der Waals surface area contributed by atoms with Crippen LogP contribution in [0.5, 0.6) is 0 Å². The second-order valence-electron chi connectivity index (χ2n) is 4.63. The van der Waals surface area contributed by atoms with Crippen molar-refractivity contribution < 1.29 is 9.53 Å². The number of fused-ring (bicyclic) bond motifs is 1. The molecular weight excluding hydrogens is 308 g/mol. The van der Waals surface area contributed by atoms with Crippen LogP contribution in [-0.2, 0) is 9.53 Å². The Hall–Kier alpha value is -1.38. The molecule has 8 heteroatoms. The maximum atomic E-state index is 11.7. The normalized spacial score (nSPS) is 15.4. The molecule has 2 aromatic rings. The molecule has 0 aromatic carbocycles. The number of ether oxygens (including phenoxy) is 1. The van der Waals surface area contributed by atoms with Gasteiger partial charge < -0.3 is 9.64 Å². The molecule has 1 aliphatic rings. The summed E-state index contributed by atoms with van der Waals surface area (Å²) in [7, 11) is 0. The fourth-order valence-corrected chi connectivity index (χ4v) is 3.16. The fraction of sp³-hybridized carbons (Fsp3) is 0.462. The Kier molecular flexibility index (Phi) is 4.57. The first kappa shape index (κ1) is 14.6. The van der Waals surface area contributed by atoms with Crippen molar-refractivity contribution in [2.75, 3.05) is 42.3 Å². The van der Waals surface area contributed by atoms with Crippen molar-refractivity contribution >= 4 is 51.9 Å². The summed E-state index contributed by atoms with van der Waals surface area (Å²) in [4.78, 5) is 23.7. The van der Waals surface area contributed by atoms with E-state index in [1.807, 2.05) is 11.4 Å². The Balaban J connectivity index is 1.93. The molecule has 0 atom stereocenters. The fourth-order valence-electron chi connectivity index (χ4n) is 2.20. The summed E-state index contributed by atoms with van der Waals surface area (Å²) in [6.07, 6.45) is 0.349. The van der Waals surface area contributed by atoms with E-state index in [9.17, 15) is 4.79 Å².